The Hall–Kier alpha value is -3.23. The summed E-state index contributed by atoms with van der Waals surface area (Å²) in [5, 5.41) is 8.17. The molecule has 0 aromatic carbocycles. The summed E-state index contributed by atoms with van der Waals surface area (Å²) in [4.78, 5) is 19.7. The molecule has 0 aliphatic heterocycles. The van der Waals surface area contributed by atoms with Crippen molar-refractivity contribution in [2.24, 2.45) is 5.73 Å². The van der Waals surface area contributed by atoms with Crippen molar-refractivity contribution >= 4 is 34.1 Å². The highest BCUT2D eigenvalue weighted by Gasteiger charge is 2.16. The number of fused-ring (bicyclic) bond motifs is 1. The Morgan fingerprint density at radius 1 is 1.31 bits per heavy atom. The molecule has 1 amide bonds. The minimum Gasteiger partial charge on any atom is -0.381 e. The predicted molar refractivity (Wildman–Crippen MR) is 97.5 cm³/mol. The first-order valence-corrected chi connectivity index (χ1v) is 8.33. The molecule has 0 saturated carbocycles. The van der Waals surface area contributed by atoms with Gasteiger partial charge in [0.2, 0.25) is 0 Å². The van der Waals surface area contributed by atoms with Crippen molar-refractivity contribution in [1.82, 2.24) is 19.7 Å². The summed E-state index contributed by atoms with van der Waals surface area (Å²) in [7, 11) is 0. The van der Waals surface area contributed by atoms with E-state index in [9.17, 15) is 9.18 Å². The van der Waals surface area contributed by atoms with Crippen LogP contribution in [0.5, 0.6) is 0 Å². The summed E-state index contributed by atoms with van der Waals surface area (Å²) in [5.74, 6) is -1.86. The van der Waals surface area contributed by atoms with Crippen LogP contribution in [0, 0.1) is 5.82 Å². The molecule has 0 aliphatic rings. The number of hydrogen-bond acceptors (Lipinski definition) is 6. The monoisotopic (exact) mass is 357 g/mol. The van der Waals surface area contributed by atoms with Crippen LogP contribution in [0.15, 0.2) is 24.7 Å². The van der Waals surface area contributed by atoms with E-state index in [-0.39, 0.29) is 17.2 Å². The van der Waals surface area contributed by atoms with E-state index < -0.39 is 11.7 Å². The number of nitrogens with zero attached hydrogens (tertiary/aromatic N) is 4. The zero-order chi connectivity index (χ0) is 18.7. The highest BCUT2D eigenvalue weighted by atomic mass is 19.1. The van der Waals surface area contributed by atoms with Gasteiger partial charge in [0.1, 0.15) is 5.82 Å². The number of pyridine rings is 2. The van der Waals surface area contributed by atoms with E-state index >= 15 is 0 Å². The molecule has 0 aliphatic carbocycles. The van der Waals surface area contributed by atoms with Crippen molar-refractivity contribution in [1.29, 1.82) is 0 Å². The molecule has 3 aromatic heterocycles. The molecule has 9 heteroatoms. The van der Waals surface area contributed by atoms with Gasteiger partial charge in [0, 0.05) is 11.9 Å². The van der Waals surface area contributed by atoms with Gasteiger partial charge in [0.15, 0.2) is 11.6 Å². The molecule has 0 unspecified atom stereocenters. The number of nitrogens with one attached hydrogen (secondary N) is 1. The van der Waals surface area contributed by atoms with Crippen LogP contribution in [0.4, 0.5) is 21.7 Å². The summed E-state index contributed by atoms with van der Waals surface area (Å²) in [6, 6.07) is 0.967. The second kappa shape index (κ2) is 7.34. The Labute approximate surface area is 149 Å². The molecule has 0 bridgehead atoms. The molecule has 26 heavy (non-hydrogen) atoms. The third-order valence-electron chi connectivity index (χ3n) is 4.07. The van der Waals surface area contributed by atoms with Gasteiger partial charge in [-0.05, 0) is 12.5 Å². The van der Waals surface area contributed by atoms with Gasteiger partial charge in [-0.25, -0.2) is 9.37 Å². The predicted octanol–water partition coefficient (Wildman–Crippen LogP) is 2.58. The van der Waals surface area contributed by atoms with Crippen molar-refractivity contribution in [2.75, 3.05) is 11.1 Å². The Balaban J connectivity index is 1.97. The number of hydrogen-bond donors (Lipinski definition) is 3. The Morgan fingerprint density at radius 3 is 2.85 bits per heavy atom. The van der Waals surface area contributed by atoms with E-state index in [4.69, 9.17) is 11.5 Å². The summed E-state index contributed by atoms with van der Waals surface area (Å²) in [6.07, 6.45) is 8.27. The van der Waals surface area contributed by atoms with Gasteiger partial charge in [-0.15, -0.1) is 0 Å². The summed E-state index contributed by atoms with van der Waals surface area (Å²) in [5.41, 5.74) is 12.2. The van der Waals surface area contributed by atoms with E-state index in [0.717, 1.165) is 42.8 Å². The van der Waals surface area contributed by atoms with Crippen LogP contribution in [-0.2, 0) is 6.54 Å². The lowest BCUT2D eigenvalue weighted by Gasteiger charge is -2.11. The minimum absolute atomic E-state index is 0.0735. The Morgan fingerprint density at radius 2 is 2.12 bits per heavy atom. The fraction of sp³-hybridized carbons (Fsp3) is 0.294. The quantitative estimate of drug-likeness (QED) is 0.558. The number of halogens is 1. The molecule has 0 atom stereocenters. The number of anilines is 3. The summed E-state index contributed by atoms with van der Waals surface area (Å²) in [6.45, 7) is 2.93. The molecule has 0 radical (unpaired) electrons. The maximum absolute atomic E-state index is 13.6. The van der Waals surface area contributed by atoms with Gasteiger partial charge >= 0.3 is 0 Å². The van der Waals surface area contributed by atoms with E-state index in [1.165, 1.54) is 0 Å². The lowest BCUT2D eigenvalue weighted by molar-refractivity contribution is 0.100. The van der Waals surface area contributed by atoms with Crippen molar-refractivity contribution in [2.45, 2.75) is 32.7 Å². The first-order valence-electron chi connectivity index (χ1n) is 8.33. The standard InChI is InChI=1S/C17H20FN7O/c1-2-3-4-5-25-14-9-21-8-13(11(14)7-22-25)23-17-10(16(20)26)6-12(18)15(19)24-17/h6-9H,2-5H2,1H3,(H2,20,26)(H3,19,23,24). The lowest BCUT2D eigenvalue weighted by atomic mass is 10.2. The number of nitrogens with two attached hydrogens (primary N) is 2. The molecule has 3 heterocycles. The van der Waals surface area contributed by atoms with Gasteiger partial charge in [0.05, 0.1) is 35.4 Å². The molecule has 136 valence electrons. The van der Waals surface area contributed by atoms with Gasteiger partial charge in [-0.2, -0.15) is 5.10 Å². The third-order valence-corrected chi connectivity index (χ3v) is 4.07. The number of carbonyl (C=O) groups excluding carboxylic acids is 1. The SMILES string of the molecule is CCCCCn1ncc2c(Nc3nc(N)c(F)cc3C(N)=O)cncc21. The van der Waals surface area contributed by atoms with Crippen molar-refractivity contribution in [3.63, 3.8) is 0 Å². The molecule has 5 N–H and O–H groups in total. The Kier molecular flexibility index (Phi) is 4.97. The van der Waals surface area contributed by atoms with E-state index in [2.05, 4.69) is 27.3 Å². The number of primary amides is 1. The minimum atomic E-state index is -0.811. The van der Waals surface area contributed by atoms with Gasteiger partial charge in [0.25, 0.3) is 5.91 Å². The number of unbranched alkanes of at least 4 members (excludes halogenated alkanes) is 2. The van der Waals surface area contributed by atoms with Crippen LogP contribution in [-0.4, -0.2) is 25.7 Å². The first-order chi connectivity index (χ1) is 12.5. The van der Waals surface area contributed by atoms with Crippen LogP contribution >= 0.6 is 0 Å². The molecule has 0 saturated heterocycles. The largest absolute Gasteiger partial charge is 0.381 e. The molecule has 0 fully saturated rings. The second-order valence-corrected chi connectivity index (χ2v) is 5.94. The van der Waals surface area contributed by atoms with Crippen LogP contribution in [0.2, 0.25) is 0 Å². The highest BCUT2D eigenvalue weighted by Crippen LogP contribution is 2.27. The van der Waals surface area contributed by atoms with Crippen LogP contribution in [0.1, 0.15) is 36.5 Å². The van der Waals surface area contributed by atoms with Gasteiger partial charge in [-0.1, -0.05) is 19.8 Å². The van der Waals surface area contributed by atoms with E-state index in [1.54, 1.807) is 18.6 Å². The topological polar surface area (TPSA) is 125 Å². The van der Waals surface area contributed by atoms with E-state index in [0.29, 0.717) is 5.69 Å². The second-order valence-electron chi connectivity index (χ2n) is 5.94. The summed E-state index contributed by atoms with van der Waals surface area (Å²) < 4.78 is 15.5. The average molecular weight is 357 g/mol. The number of rotatable bonds is 7. The maximum Gasteiger partial charge on any atom is 0.252 e. The maximum atomic E-state index is 13.6. The average Bonchev–Trinajstić information content (AvgIpc) is 3.02. The highest BCUT2D eigenvalue weighted by molar-refractivity contribution is 6.00. The third kappa shape index (κ3) is 3.41. The smallest absolute Gasteiger partial charge is 0.252 e. The van der Waals surface area contributed by atoms with Crippen LogP contribution in [0.3, 0.4) is 0 Å². The van der Waals surface area contributed by atoms with Crippen LogP contribution in [0.25, 0.3) is 10.9 Å². The number of carbonyl (C=O) groups is 1. The fourth-order valence-electron chi connectivity index (χ4n) is 2.69. The molecular weight excluding hydrogens is 337 g/mol. The first kappa shape index (κ1) is 17.6. The zero-order valence-corrected chi connectivity index (χ0v) is 14.4. The van der Waals surface area contributed by atoms with Crippen molar-refractivity contribution in [3.05, 3.63) is 36.0 Å². The lowest BCUT2D eigenvalue weighted by Crippen LogP contribution is -2.16. The van der Waals surface area contributed by atoms with Gasteiger partial charge < -0.3 is 16.8 Å². The Bertz CT molecular complexity index is 954. The number of aromatic nitrogens is 4. The summed E-state index contributed by atoms with van der Waals surface area (Å²) >= 11 is 0. The number of amides is 1. The van der Waals surface area contributed by atoms with Crippen molar-refractivity contribution in [3.8, 4) is 0 Å². The molecular formula is C17H20FN7O. The molecule has 3 aromatic rings. The fourth-order valence-corrected chi connectivity index (χ4v) is 2.69. The number of nitrogen functional groups attached to an aromatic ring is 1. The van der Waals surface area contributed by atoms with Crippen molar-refractivity contribution < 1.29 is 9.18 Å². The molecule has 0 spiro atoms. The molecule has 8 nitrogen and oxygen atoms in total. The molecule has 3 rings (SSSR count). The van der Waals surface area contributed by atoms with Crippen LogP contribution < -0.4 is 16.8 Å². The number of aryl methyl sites for hydroxylation is 1. The zero-order valence-electron chi connectivity index (χ0n) is 14.4. The van der Waals surface area contributed by atoms with E-state index in [1.807, 2.05) is 4.68 Å². The van der Waals surface area contributed by atoms with Gasteiger partial charge in [-0.3, -0.25) is 14.5 Å². The normalized spacial score (nSPS) is 11.0.